The molecule has 0 saturated carbocycles. The minimum absolute atomic E-state index is 0.00622. The number of rotatable bonds is 8. The van der Waals surface area contributed by atoms with Gasteiger partial charge in [0.05, 0.1) is 23.1 Å². The van der Waals surface area contributed by atoms with Gasteiger partial charge in [0.1, 0.15) is 19.0 Å². The Morgan fingerprint density at radius 3 is 2.69 bits per heavy atom. The zero-order valence-corrected chi connectivity index (χ0v) is 19.6. The molecular formula is C22H19BrFNO6S. The number of hydrogen-bond donors (Lipinski definition) is 0. The second-order valence-corrected chi connectivity index (χ2v) is 8.33. The van der Waals surface area contributed by atoms with Gasteiger partial charge in [0.2, 0.25) is 0 Å². The number of thioether (sulfide) groups is 1. The molecule has 0 N–H and O–H groups in total. The summed E-state index contributed by atoms with van der Waals surface area (Å²) in [5.41, 5.74) is 0.953. The lowest BCUT2D eigenvalue weighted by Crippen LogP contribution is -2.34. The maximum Gasteiger partial charge on any atom is 0.326 e. The summed E-state index contributed by atoms with van der Waals surface area (Å²) in [7, 11) is 1.45. The Balaban J connectivity index is 1.80. The van der Waals surface area contributed by atoms with Gasteiger partial charge in [0.15, 0.2) is 11.5 Å². The standard InChI is InChI=1S/C22H19BrFNO6S/c1-3-30-19(26)11-25-21(27)18(32-22(25)28)10-13-8-15(23)20(17(9-13)29-2)31-12-14-6-4-5-7-16(14)24/h4-10H,3,11-12H2,1-2H3/b18-10+. The first-order chi connectivity index (χ1) is 15.3. The Labute approximate surface area is 196 Å². The molecule has 0 spiro atoms. The van der Waals surface area contributed by atoms with Crippen LogP contribution in [-0.2, 0) is 20.9 Å². The first kappa shape index (κ1) is 23.8. The van der Waals surface area contributed by atoms with Crippen LogP contribution in [-0.4, -0.2) is 42.3 Å². The smallest absolute Gasteiger partial charge is 0.326 e. The first-order valence-electron chi connectivity index (χ1n) is 9.48. The molecule has 0 bridgehead atoms. The topological polar surface area (TPSA) is 82.1 Å². The molecule has 0 radical (unpaired) electrons. The van der Waals surface area contributed by atoms with Crippen molar-refractivity contribution in [2.24, 2.45) is 0 Å². The van der Waals surface area contributed by atoms with Crippen LogP contribution in [0.5, 0.6) is 11.5 Å². The summed E-state index contributed by atoms with van der Waals surface area (Å²) in [6, 6.07) is 9.59. The van der Waals surface area contributed by atoms with Crippen LogP contribution in [0, 0.1) is 5.82 Å². The molecule has 1 saturated heterocycles. The number of methoxy groups -OCH3 is 1. The van der Waals surface area contributed by atoms with Crippen molar-refractivity contribution < 1.29 is 33.0 Å². The van der Waals surface area contributed by atoms with Crippen molar-refractivity contribution in [3.05, 3.63) is 62.7 Å². The molecule has 0 aromatic heterocycles. The largest absolute Gasteiger partial charge is 0.493 e. The second-order valence-electron chi connectivity index (χ2n) is 6.49. The number of esters is 1. The summed E-state index contributed by atoms with van der Waals surface area (Å²) in [4.78, 5) is 37.4. The lowest BCUT2D eigenvalue weighted by molar-refractivity contribution is -0.145. The van der Waals surface area contributed by atoms with Crippen LogP contribution in [0.2, 0.25) is 0 Å². The number of carbonyl (C=O) groups excluding carboxylic acids is 3. The molecule has 32 heavy (non-hydrogen) atoms. The van der Waals surface area contributed by atoms with Crippen molar-refractivity contribution in [3.63, 3.8) is 0 Å². The molecule has 2 amide bonds. The molecule has 1 aliphatic rings. The van der Waals surface area contributed by atoms with Gasteiger partial charge in [-0.1, -0.05) is 18.2 Å². The van der Waals surface area contributed by atoms with Gasteiger partial charge < -0.3 is 14.2 Å². The Bertz CT molecular complexity index is 1090. The van der Waals surface area contributed by atoms with Crippen LogP contribution in [0.1, 0.15) is 18.1 Å². The zero-order chi connectivity index (χ0) is 23.3. The number of carbonyl (C=O) groups is 3. The Kier molecular flexibility index (Phi) is 7.92. The maximum absolute atomic E-state index is 13.9. The molecule has 1 heterocycles. The van der Waals surface area contributed by atoms with Gasteiger partial charge in [-0.25, -0.2) is 4.39 Å². The van der Waals surface area contributed by atoms with Crippen molar-refractivity contribution in [2.75, 3.05) is 20.3 Å². The van der Waals surface area contributed by atoms with Gasteiger partial charge in [0, 0.05) is 5.56 Å². The fourth-order valence-electron chi connectivity index (χ4n) is 2.85. The molecule has 1 fully saturated rings. The Hall–Kier alpha value is -2.85. The third-order valence-corrected chi connectivity index (χ3v) is 5.84. The van der Waals surface area contributed by atoms with Gasteiger partial charge in [0.25, 0.3) is 11.1 Å². The average molecular weight is 524 g/mol. The molecule has 0 atom stereocenters. The van der Waals surface area contributed by atoms with Gasteiger partial charge >= 0.3 is 5.97 Å². The van der Waals surface area contributed by atoms with Crippen molar-refractivity contribution in [2.45, 2.75) is 13.5 Å². The molecule has 168 valence electrons. The summed E-state index contributed by atoms with van der Waals surface area (Å²) < 4.78 is 30.3. The highest BCUT2D eigenvalue weighted by Crippen LogP contribution is 2.39. The normalized spacial score (nSPS) is 14.8. The third kappa shape index (κ3) is 5.49. The zero-order valence-electron chi connectivity index (χ0n) is 17.2. The fraction of sp³-hybridized carbons (Fsp3) is 0.227. The van der Waals surface area contributed by atoms with Crippen LogP contribution in [0.15, 0.2) is 45.8 Å². The minimum atomic E-state index is -0.656. The Morgan fingerprint density at radius 1 is 1.25 bits per heavy atom. The fourth-order valence-corrected chi connectivity index (χ4v) is 4.26. The number of ether oxygens (including phenoxy) is 3. The minimum Gasteiger partial charge on any atom is -0.493 e. The number of halogens is 2. The van der Waals surface area contributed by atoms with E-state index < -0.39 is 23.7 Å². The van der Waals surface area contributed by atoms with E-state index in [1.807, 2.05) is 0 Å². The van der Waals surface area contributed by atoms with Crippen LogP contribution in [0.25, 0.3) is 6.08 Å². The highest BCUT2D eigenvalue weighted by Gasteiger charge is 2.36. The molecule has 1 aliphatic heterocycles. The highest BCUT2D eigenvalue weighted by molar-refractivity contribution is 9.10. The molecule has 0 aliphatic carbocycles. The quantitative estimate of drug-likeness (QED) is 0.363. The van der Waals surface area contributed by atoms with E-state index in [9.17, 15) is 18.8 Å². The first-order valence-corrected chi connectivity index (χ1v) is 11.1. The number of benzene rings is 2. The molecule has 10 heteroatoms. The third-order valence-electron chi connectivity index (χ3n) is 4.35. The van der Waals surface area contributed by atoms with Crippen LogP contribution < -0.4 is 9.47 Å². The second kappa shape index (κ2) is 10.6. The summed E-state index contributed by atoms with van der Waals surface area (Å²) >= 11 is 4.14. The lowest BCUT2D eigenvalue weighted by atomic mass is 10.1. The number of nitrogens with zero attached hydrogens (tertiary/aromatic N) is 1. The van der Waals surface area contributed by atoms with Crippen molar-refractivity contribution in [3.8, 4) is 11.5 Å². The lowest BCUT2D eigenvalue weighted by Gasteiger charge is -2.14. The van der Waals surface area contributed by atoms with Crippen LogP contribution in [0.4, 0.5) is 9.18 Å². The summed E-state index contributed by atoms with van der Waals surface area (Å²) in [6.07, 6.45) is 1.52. The van der Waals surface area contributed by atoms with Crippen LogP contribution >= 0.6 is 27.7 Å². The van der Waals surface area contributed by atoms with Gasteiger partial charge in [-0.2, -0.15) is 0 Å². The van der Waals surface area contributed by atoms with Gasteiger partial charge in [-0.3, -0.25) is 19.3 Å². The summed E-state index contributed by atoms with van der Waals surface area (Å²) in [6.45, 7) is 1.35. The number of amides is 2. The van der Waals surface area contributed by atoms with E-state index >= 15 is 0 Å². The summed E-state index contributed by atoms with van der Waals surface area (Å²) in [5.74, 6) is -0.895. The van der Waals surface area contributed by atoms with E-state index in [0.29, 0.717) is 27.1 Å². The molecule has 7 nitrogen and oxygen atoms in total. The van der Waals surface area contributed by atoms with E-state index in [1.165, 1.54) is 19.3 Å². The summed E-state index contributed by atoms with van der Waals surface area (Å²) in [5, 5.41) is -0.551. The Morgan fingerprint density at radius 2 is 2.00 bits per heavy atom. The predicted octanol–water partition coefficient (Wildman–Crippen LogP) is 4.78. The van der Waals surface area contributed by atoms with E-state index in [4.69, 9.17) is 14.2 Å². The van der Waals surface area contributed by atoms with E-state index in [1.54, 1.807) is 37.3 Å². The van der Waals surface area contributed by atoms with Gasteiger partial charge in [-0.15, -0.1) is 0 Å². The monoisotopic (exact) mass is 523 g/mol. The molecule has 3 rings (SSSR count). The van der Waals surface area contributed by atoms with E-state index in [2.05, 4.69) is 15.9 Å². The maximum atomic E-state index is 13.9. The molecule has 2 aromatic rings. The predicted molar refractivity (Wildman–Crippen MR) is 121 cm³/mol. The highest BCUT2D eigenvalue weighted by atomic mass is 79.9. The van der Waals surface area contributed by atoms with Crippen molar-refractivity contribution >= 4 is 50.9 Å². The number of hydrogen-bond acceptors (Lipinski definition) is 7. The van der Waals surface area contributed by atoms with Crippen LogP contribution in [0.3, 0.4) is 0 Å². The average Bonchev–Trinajstić information content (AvgIpc) is 3.01. The van der Waals surface area contributed by atoms with Crippen molar-refractivity contribution in [1.82, 2.24) is 4.90 Å². The number of imide groups is 1. The SMILES string of the molecule is CCOC(=O)CN1C(=O)S/C(=C/c2cc(Br)c(OCc3ccccc3F)c(OC)c2)C1=O. The molecular weight excluding hydrogens is 505 g/mol. The van der Waals surface area contributed by atoms with Gasteiger partial charge in [-0.05, 0) is 64.5 Å². The molecule has 0 unspecified atom stereocenters. The molecule has 2 aromatic carbocycles. The van der Waals surface area contributed by atoms with Crippen molar-refractivity contribution in [1.29, 1.82) is 0 Å². The van der Waals surface area contributed by atoms with E-state index in [0.717, 1.165) is 16.7 Å². The van der Waals surface area contributed by atoms with E-state index in [-0.39, 0.29) is 23.9 Å².